The number of benzene rings is 4. The molecule has 4 aromatic rings. The van der Waals surface area contributed by atoms with E-state index in [-0.39, 0.29) is 13.6 Å². The molecule has 4 amide bonds. The molecule has 8 bridgehead atoms. The Morgan fingerprint density at radius 3 is 0.759 bits per heavy atom. The van der Waals surface area contributed by atoms with Crippen molar-refractivity contribution in [2.24, 2.45) is 20.4 Å². The molecule has 2 saturated heterocycles. The van der Waals surface area contributed by atoms with Crippen LogP contribution in [0.5, 0.6) is 0 Å². The van der Waals surface area contributed by atoms with E-state index >= 15 is 0 Å². The number of nitrogens with one attached hydrogen (secondary N) is 4. The number of hydrogen-bond donors (Lipinski definition) is 4. The third-order valence-corrected chi connectivity index (χ3v) is 8.44. The molecule has 9 aliphatic rings. The lowest BCUT2D eigenvalue weighted by Crippen LogP contribution is -2.45. The molecule has 9 heterocycles. The molecule has 54 heavy (non-hydrogen) atoms. The largest absolute Gasteiger partial charge is 0.339 e. The Hall–Kier alpha value is -6.72. The maximum Gasteiger partial charge on any atom is 0.272 e. The maximum atomic E-state index is 12.8. The first kappa shape index (κ1) is 35.7. The fourth-order valence-electron chi connectivity index (χ4n) is 5.56. The SMILES string of the molecule is O=C1N/N=C/c2ccc(cc2)-c2ccc(cc2)/C=N/NC(=O)[C@@H]2OCO[C@H]2C(=O)N/N=C/c2ccc(cc2)-c2ccc(cc2)/C=N/NC(=O)[C@@H]2OCO[C@@H]12. The highest BCUT2D eigenvalue weighted by Crippen LogP contribution is 2.22. The van der Waals surface area contributed by atoms with E-state index in [1.54, 1.807) is 0 Å². The van der Waals surface area contributed by atoms with Crippen LogP contribution in [0.3, 0.4) is 0 Å². The van der Waals surface area contributed by atoms with Crippen molar-refractivity contribution >= 4 is 48.5 Å². The Balaban J connectivity index is 1.07. The molecule has 4 N–H and O–H groups in total. The van der Waals surface area contributed by atoms with Crippen LogP contribution >= 0.6 is 0 Å². The highest BCUT2D eigenvalue weighted by molar-refractivity contribution is 5.94. The zero-order chi connectivity index (χ0) is 37.3. The maximum absolute atomic E-state index is 12.8. The quantitative estimate of drug-likeness (QED) is 0.211. The number of carbonyl (C=O) groups excluding carboxylic acids is 4. The van der Waals surface area contributed by atoms with Gasteiger partial charge in [-0.05, 0) is 44.5 Å². The number of hydrogen-bond acceptors (Lipinski definition) is 12. The van der Waals surface area contributed by atoms with Gasteiger partial charge in [-0.3, -0.25) is 19.2 Å². The highest BCUT2D eigenvalue weighted by atomic mass is 16.7. The molecule has 0 aromatic heterocycles. The summed E-state index contributed by atoms with van der Waals surface area (Å²) in [7, 11) is 0. The molecule has 13 rings (SSSR count). The molecule has 2 fully saturated rings. The summed E-state index contributed by atoms with van der Waals surface area (Å²) in [5, 5.41) is 16.0. The van der Waals surface area contributed by atoms with Gasteiger partial charge in [0.1, 0.15) is 13.6 Å². The monoisotopic (exact) mass is 728 g/mol. The minimum absolute atomic E-state index is 0.243. The van der Waals surface area contributed by atoms with Crippen molar-refractivity contribution in [2.75, 3.05) is 13.6 Å². The summed E-state index contributed by atoms with van der Waals surface area (Å²) in [6, 6.07) is 29.7. The van der Waals surface area contributed by atoms with E-state index in [9.17, 15) is 19.2 Å². The van der Waals surface area contributed by atoms with Crippen molar-refractivity contribution in [1.82, 2.24) is 21.7 Å². The normalized spacial score (nSPS) is 24.4. The van der Waals surface area contributed by atoms with Gasteiger partial charge in [0, 0.05) is 0 Å². The van der Waals surface area contributed by atoms with Crippen molar-refractivity contribution in [3.63, 3.8) is 0 Å². The smallest absolute Gasteiger partial charge is 0.272 e. The Kier molecular flexibility index (Phi) is 11.1. The average molecular weight is 729 g/mol. The lowest BCUT2D eigenvalue weighted by molar-refractivity contribution is -0.137. The van der Waals surface area contributed by atoms with Crippen LogP contribution in [0.4, 0.5) is 0 Å². The Morgan fingerprint density at radius 1 is 0.352 bits per heavy atom. The second kappa shape index (κ2) is 16.7. The van der Waals surface area contributed by atoms with Crippen molar-refractivity contribution in [3.8, 4) is 22.3 Å². The van der Waals surface area contributed by atoms with E-state index in [0.29, 0.717) is 22.3 Å². The molecule has 16 heteroatoms. The Labute approximate surface area is 307 Å². The molecule has 0 aliphatic carbocycles. The summed E-state index contributed by atoms with van der Waals surface area (Å²) >= 11 is 0. The topological polar surface area (TPSA) is 203 Å². The summed E-state index contributed by atoms with van der Waals surface area (Å²) < 4.78 is 21.4. The average Bonchev–Trinajstić information content (AvgIpc) is 3.90. The molecular weight excluding hydrogens is 696 g/mol. The van der Waals surface area contributed by atoms with Gasteiger partial charge in [-0.15, -0.1) is 0 Å². The van der Waals surface area contributed by atoms with Crippen molar-refractivity contribution in [3.05, 3.63) is 119 Å². The lowest BCUT2D eigenvalue weighted by Gasteiger charge is -2.13. The van der Waals surface area contributed by atoms with Crippen molar-refractivity contribution in [1.29, 1.82) is 0 Å². The Morgan fingerprint density at radius 2 is 0.556 bits per heavy atom. The number of hydrazone groups is 4. The minimum Gasteiger partial charge on any atom is -0.339 e. The molecule has 9 aliphatic heterocycles. The number of nitrogens with zero attached hydrogens (tertiary/aromatic N) is 4. The van der Waals surface area contributed by atoms with Gasteiger partial charge in [0.15, 0.2) is 24.4 Å². The summed E-state index contributed by atoms with van der Waals surface area (Å²) in [6.07, 6.45) is 0.965. The molecule has 16 nitrogen and oxygen atoms in total. The van der Waals surface area contributed by atoms with E-state index in [0.717, 1.165) is 22.3 Å². The molecular formula is C38H32N8O8. The predicted octanol–water partition coefficient (Wildman–Crippen LogP) is 2.02. The van der Waals surface area contributed by atoms with Crippen LogP contribution in [0.2, 0.25) is 0 Å². The van der Waals surface area contributed by atoms with Crippen LogP contribution in [0.15, 0.2) is 117 Å². The predicted molar refractivity (Wildman–Crippen MR) is 196 cm³/mol. The number of ether oxygens (including phenoxy) is 4. The molecule has 0 saturated carbocycles. The van der Waals surface area contributed by atoms with Crippen LogP contribution in [0.1, 0.15) is 22.3 Å². The third kappa shape index (κ3) is 8.66. The van der Waals surface area contributed by atoms with Crippen LogP contribution in [0, 0.1) is 0 Å². The zero-order valence-corrected chi connectivity index (χ0v) is 28.3. The molecule has 272 valence electrons. The van der Waals surface area contributed by atoms with E-state index in [2.05, 4.69) is 42.1 Å². The first-order valence-electron chi connectivity index (χ1n) is 16.6. The first-order chi connectivity index (χ1) is 26.4. The van der Waals surface area contributed by atoms with Gasteiger partial charge in [0.05, 0.1) is 24.9 Å². The standard InChI is InChI=1S/C38H32N8O8/c47-35-31-32(52-21-51-31)36(48)44-41-19-25-5-13-29(14-6-25)30-15-7-26(8-16-30)20-42-46-38(50)34-33(53-22-54-34)37(49)45-40-18-24-3-11-28(12-4-24)27-9-1-23(2-10-27)17-39-43-35/h1-20,31-34H,21-22H2,(H,43,47)(H,44,48)(H,45,49)(H,46,50)/b39-17+,40-18+,41-19+,42-20+/t31-,32-,33-,34-/m1/s1. The van der Waals surface area contributed by atoms with Crippen LogP contribution in [-0.2, 0) is 38.1 Å². The highest BCUT2D eigenvalue weighted by Gasteiger charge is 2.41. The minimum atomic E-state index is -1.22. The van der Waals surface area contributed by atoms with Gasteiger partial charge < -0.3 is 18.9 Å². The van der Waals surface area contributed by atoms with Crippen LogP contribution in [0.25, 0.3) is 22.3 Å². The van der Waals surface area contributed by atoms with Gasteiger partial charge in [-0.25, -0.2) is 21.7 Å². The van der Waals surface area contributed by atoms with Gasteiger partial charge >= 0.3 is 0 Å². The summed E-state index contributed by atoms with van der Waals surface area (Å²) in [5.74, 6) is -2.60. The fraction of sp³-hybridized carbons (Fsp3) is 0.158. The van der Waals surface area contributed by atoms with E-state index in [4.69, 9.17) is 18.9 Å². The molecule has 4 atom stereocenters. The van der Waals surface area contributed by atoms with Gasteiger partial charge in [0.25, 0.3) is 23.6 Å². The second-order valence-corrected chi connectivity index (χ2v) is 12.0. The number of carbonyl (C=O) groups is 4. The number of amides is 4. The summed E-state index contributed by atoms with van der Waals surface area (Å²) in [6.45, 7) is -0.486. The number of rotatable bonds is 0. The van der Waals surface area contributed by atoms with Crippen LogP contribution < -0.4 is 21.7 Å². The lowest BCUT2D eigenvalue weighted by atomic mass is 10.0. The van der Waals surface area contributed by atoms with Crippen LogP contribution in [-0.4, -0.2) is 86.5 Å². The van der Waals surface area contributed by atoms with E-state index in [1.165, 1.54) is 24.9 Å². The second-order valence-electron chi connectivity index (χ2n) is 12.0. The van der Waals surface area contributed by atoms with Gasteiger partial charge in [0.2, 0.25) is 0 Å². The van der Waals surface area contributed by atoms with Gasteiger partial charge in [-0.1, -0.05) is 97.1 Å². The molecule has 0 radical (unpaired) electrons. The van der Waals surface area contributed by atoms with E-state index < -0.39 is 48.0 Å². The molecule has 4 aromatic carbocycles. The van der Waals surface area contributed by atoms with Gasteiger partial charge in [-0.2, -0.15) is 20.4 Å². The summed E-state index contributed by atoms with van der Waals surface area (Å²) in [4.78, 5) is 51.2. The van der Waals surface area contributed by atoms with Crippen molar-refractivity contribution < 1.29 is 38.1 Å². The zero-order valence-electron chi connectivity index (χ0n) is 28.3. The molecule has 0 spiro atoms. The Bertz CT molecular complexity index is 1810. The first-order valence-corrected chi connectivity index (χ1v) is 16.6. The van der Waals surface area contributed by atoms with E-state index in [1.807, 2.05) is 97.1 Å². The van der Waals surface area contributed by atoms with Crippen molar-refractivity contribution in [2.45, 2.75) is 24.4 Å². The fourth-order valence-corrected chi connectivity index (χ4v) is 5.56. The third-order valence-electron chi connectivity index (χ3n) is 8.44. The molecule has 0 unspecified atom stereocenters. The summed E-state index contributed by atoms with van der Waals surface area (Å²) in [5.41, 5.74) is 16.1.